The minimum absolute atomic E-state index is 0.175. The number of nitrogens with zero attached hydrogens (tertiary/aromatic N) is 4. The van der Waals surface area contributed by atoms with Crippen molar-refractivity contribution in [2.24, 2.45) is 17.3 Å². The largest absolute Gasteiger partial charge is 0.299 e. The molecule has 5 heteroatoms. The Labute approximate surface area is 106 Å². The predicted molar refractivity (Wildman–Crippen MR) is 60.0 cm³/mol. The van der Waals surface area contributed by atoms with Gasteiger partial charge in [0.25, 0.3) is 0 Å². The molecule has 5 nitrogen and oxygen atoms in total. The van der Waals surface area contributed by atoms with Gasteiger partial charge in [-0.3, -0.25) is 4.79 Å². The van der Waals surface area contributed by atoms with E-state index < -0.39 is 17.3 Å². The zero-order valence-corrected chi connectivity index (χ0v) is 9.89. The van der Waals surface area contributed by atoms with Crippen molar-refractivity contribution < 1.29 is 4.79 Å². The van der Waals surface area contributed by atoms with Crippen LogP contribution in [0, 0.1) is 62.6 Å². The van der Waals surface area contributed by atoms with Crippen LogP contribution in [0.5, 0.6) is 0 Å². The first-order chi connectivity index (χ1) is 8.66. The van der Waals surface area contributed by atoms with Crippen LogP contribution in [0.15, 0.2) is 0 Å². The average Bonchev–Trinajstić information content (AvgIpc) is 2.61. The second kappa shape index (κ2) is 5.81. The van der Waals surface area contributed by atoms with Gasteiger partial charge in [0.15, 0.2) is 11.3 Å². The van der Waals surface area contributed by atoms with E-state index in [1.54, 1.807) is 24.3 Å². The predicted octanol–water partition coefficient (Wildman–Crippen LogP) is 1.83. The number of carbonyl (C=O) groups excluding carboxylic acids is 1. The van der Waals surface area contributed by atoms with E-state index in [1.807, 2.05) is 0 Å². The highest BCUT2D eigenvalue weighted by Crippen LogP contribution is 2.40. The molecule has 1 saturated carbocycles. The normalized spacial score (nSPS) is 20.1. The molecular formula is C13H12N4O. The van der Waals surface area contributed by atoms with Crippen LogP contribution in [-0.4, -0.2) is 5.78 Å². The molecule has 1 aliphatic carbocycles. The van der Waals surface area contributed by atoms with Crippen molar-refractivity contribution in [2.45, 2.75) is 32.1 Å². The van der Waals surface area contributed by atoms with Crippen molar-refractivity contribution >= 4 is 5.78 Å². The van der Waals surface area contributed by atoms with Crippen LogP contribution >= 0.6 is 0 Å². The zero-order chi connectivity index (χ0) is 13.6. The average molecular weight is 240 g/mol. The number of carbonyl (C=O) groups is 1. The minimum Gasteiger partial charge on any atom is -0.299 e. The van der Waals surface area contributed by atoms with Gasteiger partial charge < -0.3 is 0 Å². The topological polar surface area (TPSA) is 112 Å². The van der Waals surface area contributed by atoms with E-state index in [2.05, 4.69) is 0 Å². The lowest BCUT2D eigenvalue weighted by Crippen LogP contribution is -2.38. The number of nitriles is 4. The molecule has 0 heterocycles. The van der Waals surface area contributed by atoms with Crippen molar-refractivity contribution in [3.8, 4) is 24.3 Å². The maximum Gasteiger partial charge on any atom is 0.182 e. The fourth-order valence-corrected chi connectivity index (χ4v) is 2.38. The second-order valence-corrected chi connectivity index (χ2v) is 4.40. The summed E-state index contributed by atoms with van der Waals surface area (Å²) in [7, 11) is 0. The molecule has 1 rings (SSSR count). The summed E-state index contributed by atoms with van der Waals surface area (Å²) in [6.45, 7) is 0. The first kappa shape index (κ1) is 13.7. The smallest absolute Gasteiger partial charge is 0.182 e. The Hall–Kier alpha value is -2.37. The van der Waals surface area contributed by atoms with Crippen molar-refractivity contribution in [3.63, 3.8) is 0 Å². The highest BCUT2D eigenvalue weighted by molar-refractivity contribution is 5.83. The summed E-state index contributed by atoms with van der Waals surface area (Å²) in [5.74, 6) is -2.38. The molecule has 90 valence electrons. The molecule has 1 aliphatic rings. The van der Waals surface area contributed by atoms with Gasteiger partial charge in [-0.25, -0.2) is 0 Å². The summed E-state index contributed by atoms with van der Waals surface area (Å²) in [5, 5.41) is 36.3. The fraction of sp³-hybridized carbons (Fsp3) is 0.615. The molecule has 0 spiro atoms. The Bertz CT molecular complexity index is 469. The summed E-state index contributed by atoms with van der Waals surface area (Å²) < 4.78 is 0. The van der Waals surface area contributed by atoms with Crippen molar-refractivity contribution in [2.75, 3.05) is 0 Å². The number of rotatable bonds is 2. The van der Waals surface area contributed by atoms with Gasteiger partial charge in [0, 0.05) is 6.42 Å². The quantitative estimate of drug-likeness (QED) is 0.683. The summed E-state index contributed by atoms with van der Waals surface area (Å²) in [6.07, 6.45) is 3.08. The van der Waals surface area contributed by atoms with E-state index in [9.17, 15) is 15.3 Å². The molecule has 1 fully saturated rings. The molecule has 0 saturated heterocycles. The molecule has 0 amide bonds. The van der Waals surface area contributed by atoms with Crippen LogP contribution in [0.1, 0.15) is 32.1 Å². The molecule has 18 heavy (non-hydrogen) atoms. The van der Waals surface area contributed by atoms with Gasteiger partial charge in [0.1, 0.15) is 5.78 Å². The second-order valence-electron chi connectivity index (χ2n) is 4.40. The molecule has 1 atom stereocenters. The number of ketones is 1. The van der Waals surface area contributed by atoms with E-state index in [-0.39, 0.29) is 5.78 Å². The maximum atomic E-state index is 12.0. The van der Waals surface area contributed by atoms with Crippen molar-refractivity contribution in [1.82, 2.24) is 0 Å². The minimum atomic E-state index is -1.83. The Kier molecular flexibility index (Phi) is 4.42. The SMILES string of the molecule is N#CC(C#N)C(C#N)(C#N)C1CCCCCC1=O. The summed E-state index contributed by atoms with van der Waals surface area (Å²) in [5.41, 5.74) is -1.83. The van der Waals surface area contributed by atoms with E-state index >= 15 is 0 Å². The van der Waals surface area contributed by atoms with Crippen LogP contribution in [0.2, 0.25) is 0 Å². The van der Waals surface area contributed by atoms with E-state index in [0.717, 1.165) is 19.3 Å². The maximum absolute atomic E-state index is 12.0. The van der Waals surface area contributed by atoms with Crippen LogP contribution in [0.4, 0.5) is 0 Å². The molecular weight excluding hydrogens is 228 g/mol. The third-order valence-corrected chi connectivity index (χ3v) is 3.44. The summed E-state index contributed by atoms with van der Waals surface area (Å²) in [6, 6.07) is 6.89. The monoisotopic (exact) mass is 240 g/mol. The van der Waals surface area contributed by atoms with Crippen molar-refractivity contribution in [3.05, 3.63) is 0 Å². The van der Waals surface area contributed by atoms with Crippen LogP contribution in [0.25, 0.3) is 0 Å². The van der Waals surface area contributed by atoms with Gasteiger partial charge in [-0.15, -0.1) is 0 Å². The molecule has 0 radical (unpaired) electrons. The third kappa shape index (κ3) is 2.17. The highest BCUT2D eigenvalue weighted by atomic mass is 16.1. The van der Waals surface area contributed by atoms with Crippen LogP contribution in [-0.2, 0) is 4.79 Å². The van der Waals surface area contributed by atoms with E-state index in [1.165, 1.54) is 0 Å². The first-order valence-electron chi connectivity index (χ1n) is 5.80. The van der Waals surface area contributed by atoms with Gasteiger partial charge in [-0.2, -0.15) is 21.0 Å². The van der Waals surface area contributed by atoms with E-state index in [4.69, 9.17) is 10.5 Å². The van der Waals surface area contributed by atoms with Crippen LogP contribution in [0.3, 0.4) is 0 Å². The lowest BCUT2D eigenvalue weighted by molar-refractivity contribution is -0.125. The Morgan fingerprint density at radius 2 is 1.67 bits per heavy atom. The van der Waals surface area contributed by atoms with Gasteiger partial charge in [-0.05, 0) is 12.8 Å². The molecule has 0 aromatic carbocycles. The Morgan fingerprint density at radius 1 is 1.06 bits per heavy atom. The number of Topliss-reactive ketones (excluding diaryl/α,β-unsaturated/α-hetero) is 1. The lowest BCUT2D eigenvalue weighted by atomic mass is 9.66. The molecule has 0 aliphatic heterocycles. The molecule has 0 N–H and O–H groups in total. The van der Waals surface area contributed by atoms with Gasteiger partial charge in [-0.1, -0.05) is 12.8 Å². The first-order valence-corrected chi connectivity index (χ1v) is 5.80. The summed E-state index contributed by atoms with van der Waals surface area (Å²) in [4.78, 5) is 12.0. The zero-order valence-electron chi connectivity index (χ0n) is 9.89. The highest BCUT2D eigenvalue weighted by Gasteiger charge is 2.50. The standard InChI is InChI=1S/C13H12N4O/c14-6-10(7-15)13(8-16,9-17)11-4-2-1-3-5-12(11)18/h10-11H,1-5H2. The fourth-order valence-electron chi connectivity index (χ4n) is 2.38. The summed E-state index contributed by atoms with van der Waals surface area (Å²) >= 11 is 0. The Balaban J connectivity index is 3.25. The number of hydrogen-bond acceptors (Lipinski definition) is 5. The van der Waals surface area contributed by atoms with E-state index in [0.29, 0.717) is 12.8 Å². The van der Waals surface area contributed by atoms with Gasteiger partial charge in [0.05, 0.1) is 30.2 Å². The molecule has 1 unspecified atom stereocenters. The molecule has 0 aromatic heterocycles. The number of hydrogen-bond donors (Lipinski definition) is 0. The molecule has 0 bridgehead atoms. The Morgan fingerprint density at radius 3 is 2.17 bits per heavy atom. The van der Waals surface area contributed by atoms with Gasteiger partial charge in [0.2, 0.25) is 0 Å². The van der Waals surface area contributed by atoms with Crippen LogP contribution < -0.4 is 0 Å². The third-order valence-electron chi connectivity index (χ3n) is 3.44. The lowest BCUT2D eigenvalue weighted by Gasteiger charge is -2.27. The molecule has 0 aromatic rings. The van der Waals surface area contributed by atoms with Crippen molar-refractivity contribution in [1.29, 1.82) is 21.0 Å². The van der Waals surface area contributed by atoms with Gasteiger partial charge >= 0.3 is 0 Å².